The quantitative estimate of drug-likeness (QED) is 0.518. The Morgan fingerprint density at radius 1 is 1.40 bits per heavy atom. The van der Waals surface area contributed by atoms with Crippen LogP contribution in [0.4, 0.5) is 5.69 Å². The Kier molecular flexibility index (Phi) is 5.52. The van der Waals surface area contributed by atoms with Crippen molar-refractivity contribution in [1.29, 1.82) is 0 Å². The van der Waals surface area contributed by atoms with Crippen LogP contribution in [0.5, 0.6) is 0 Å². The normalized spacial score (nSPS) is 11.8. The number of nitrogens with zero attached hydrogens (tertiary/aromatic N) is 1. The zero-order valence-electron chi connectivity index (χ0n) is 11.9. The maximum Gasteiger partial charge on any atom is 0.273 e. The number of H-pyrrole nitrogens is 1. The van der Waals surface area contributed by atoms with Crippen LogP contribution >= 0.6 is 0 Å². The van der Waals surface area contributed by atoms with E-state index in [2.05, 4.69) is 20.2 Å². The van der Waals surface area contributed by atoms with Crippen molar-refractivity contribution < 1.29 is 13.2 Å². The zero-order valence-corrected chi connectivity index (χ0v) is 12.7. The molecule has 8 nitrogen and oxygen atoms in total. The third-order valence-corrected chi connectivity index (χ3v) is 3.36. The molecule has 1 amide bonds. The molecule has 0 aliphatic carbocycles. The first-order chi connectivity index (χ1) is 9.22. The first-order valence-corrected chi connectivity index (χ1v) is 8.18. The van der Waals surface area contributed by atoms with Gasteiger partial charge >= 0.3 is 0 Å². The molecule has 0 atom stereocenters. The maximum absolute atomic E-state index is 11.8. The number of rotatable bonds is 7. The molecule has 20 heavy (non-hydrogen) atoms. The third kappa shape index (κ3) is 4.82. The molecule has 9 heteroatoms. The van der Waals surface area contributed by atoms with Gasteiger partial charge in [-0.25, -0.2) is 13.1 Å². The van der Waals surface area contributed by atoms with Crippen molar-refractivity contribution in [3.05, 3.63) is 11.4 Å². The number of sulfonamides is 1. The first-order valence-electron chi connectivity index (χ1n) is 6.29. The number of nitrogens with one attached hydrogen (secondary N) is 3. The molecule has 0 bridgehead atoms. The highest BCUT2D eigenvalue weighted by Crippen LogP contribution is 2.21. The molecule has 114 valence electrons. The molecule has 0 aliphatic rings. The van der Waals surface area contributed by atoms with E-state index in [9.17, 15) is 13.2 Å². The van der Waals surface area contributed by atoms with Crippen molar-refractivity contribution in [1.82, 2.24) is 20.2 Å². The highest BCUT2D eigenvalue weighted by Gasteiger charge is 2.18. The molecule has 1 rings (SSSR count). The summed E-state index contributed by atoms with van der Waals surface area (Å²) in [7, 11) is -3.19. The standard InChI is InChI=1S/C11H21N5O3S/c1-7(2)9-8(12)10(16-15-9)11(17)13-5-4-6-14-20(3,18)19/h7,14H,4-6,12H2,1-3H3,(H,13,17)(H,15,16). The summed E-state index contributed by atoms with van der Waals surface area (Å²) in [6.45, 7) is 4.50. The largest absolute Gasteiger partial charge is 0.395 e. The number of hydrogen-bond acceptors (Lipinski definition) is 5. The third-order valence-electron chi connectivity index (χ3n) is 2.63. The van der Waals surface area contributed by atoms with E-state index in [1.807, 2.05) is 13.8 Å². The number of nitrogen functional groups attached to an aromatic ring is 1. The number of carbonyl (C=O) groups excluding carboxylic acids is 1. The van der Waals surface area contributed by atoms with E-state index in [4.69, 9.17) is 5.73 Å². The van der Waals surface area contributed by atoms with Crippen LogP contribution in [0.3, 0.4) is 0 Å². The van der Waals surface area contributed by atoms with Gasteiger partial charge in [-0.2, -0.15) is 5.10 Å². The molecule has 0 unspecified atom stereocenters. The van der Waals surface area contributed by atoms with Crippen LogP contribution in [-0.4, -0.2) is 43.9 Å². The van der Waals surface area contributed by atoms with Gasteiger partial charge in [0.2, 0.25) is 10.0 Å². The lowest BCUT2D eigenvalue weighted by molar-refractivity contribution is 0.0949. The van der Waals surface area contributed by atoms with Gasteiger partial charge in [0.1, 0.15) is 0 Å². The fourth-order valence-electron chi connectivity index (χ4n) is 1.61. The van der Waals surface area contributed by atoms with Crippen LogP contribution in [0.25, 0.3) is 0 Å². The smallest absolute Gasteiger partial charge is 0.273 e. The second kappa shape index (κ2) is 6.71. The van der Waals surface area contributed by atoms with Gasteiger partial charge in [-0.3, -0.25) is 9.89 Å². The summed E-state index contributed by atoms with van der Waals surface area (Å²) in [6.07, 6.45) is 1.57. The van der Waals surface area contributed by atoms with E-state index < -0.39 is 10.0 Å². The Morgan fingerprint density at radius 2 is 2.05 bits per heavy atom. The summed E-state index contributed by atoms with van der Waals surface area (Å²) in [6, 6.07) is 0. The molecule has 0 saturated carbocycles. The SMILES string of the molecule is CC(C)c1[nH]nc(C(=O)NCCCNS(C)(=O)=O)c1N. The van der Waals surface area contributed by atoms with Gasteiger partial charge in [-0.1, -0.05) is 13.8 Å². The van der Waals surface area contributed by atoms with Crippen molar-refractivity contribution in [3.63, 3.8) is 0 Å². The van der Waals surface area contributed by atoms with Crippen molar-refractivity contribution >= 4 is 21.6 Å². The Balaban J connectivity index is 2.44. The highest BCUT2D eigenvalue weighted by atomic mass is 32.2. The second-order valence-electron chi connectivity index (χ2n) is 4.83. The van der Waals surface area contributed by atoms with E-state index >= 15 is 0 Å². The molecule has 0 aromatic carbocycles. The fourth-order valence-corrected chi connectivity index (χ4v) is 2.12. The Labute approximate surface area is 118 Å². The summed E-state index contributed by atoms with van der Waals surface area (Å²) >= 11 is 0. The van der Waals surface area contributed by atoms with Gasteiger partial charge in [-0.15, -0.1) is 0 Å². The van der Waals surface area contributed by atoms with Gasteiger partial charge in [0.05, 0.1) is 17.6 Å². The molecule has 0 aliphatic heterocycles. The van der Waals surface area contributed by atoms with Crippen LogP contribution in [0.2, 0.25) is 0 Å². The van der Waals surface area contributed by atoms with Gasteiger partial charge < -0.3 is 11.1 Å². The van der Waals surface area contributed by atoms with Crippen molar-refractivity contribution in [2.75, 3.05) is 25.1 Å². The average Bonchev–Trinajstić information content (AvgIpc) is 2.69. The van der Waals surface area contributed by atoms with Gasteiger partial charge in [0.25, 0.3) is 5.91 Å². The molecule has 0 spiro atoms. The summed E-state index contributed by atoms with van der Waals surface area (Å²) < 4.78 is 24.0. The van der Waals surface area contributed by atoms with E-state index in [-0.39, 0.29) is 24.1 Å². The minimum absolute atomic E-state index is 0.156. The van der Waals surface area contributed by atoms with E-state index in [1.165, 1.54) is 0 Å². The predicted molar refractivity (Wildman–Crippen MR) is 76.9 cm³/mol. The molecule has 5 N–H and O–H groups in total. The molecular weight excluding hydrogens is 282 g/mol. The van der Waals surface area contributed by atoms with Crippen LogP contribution in [-0.2, 0) is 10.0 Å². The van der Waals surface area contributed by atoms with Crippen LogP contribution in [0, 0.1) is 0 Å². The van der Waals surface area contributed by atoms with E-state index in [1.54, 1.807) is 0 Å². The topological polar surface area (TPSA) is 130 Å². The summed E-state index contributed by atoms with van der Waals surface area (Å²) in [4.78, 5) is 11.8. The number of amides is 1. The molecular formula is C11H21N5O3S. The maximum atomic E-state index is 11.8. The van der Waals surface area contributed by atoms with Gasteiger partial charge in [0.15, 0.2) is 5.69 Å². The summed E-state index contributed by atoms with van der Waals surface area (Å²) in [5.74, 6) is -0.215. The van der Waals surface area contributed by atoms with Crippen molar-refractivity contribution in [2.45, 2.75) is 26.2 Å². The van der Waals surface area contributed by atoms with Gasteiger partial charge in [0, 0.05) is 13.1 Å². The van der Waals surface area contributed by atoms with Crippen LogP contribution in [0.15, 0.2) is 0 Å². The minimum atomic E-state index is -3.19. The highest BCUT2D eigenvalue weighted by molar-refractivity contribution is 7.88. The number of carbonyl (C=O) groups is 1. The summed E-state index contributed by atoms with van der Waals surface area (Å²) in [5, 5.41) is 9.29. The monoisotopic (exact) mass is 303 g/mol. The lowest BCUT2D eigenvalue weighted by atomic mass is 10.1. The Morgan fingerprint density at radius 3 is 2.55 bits per heavy atom. The second-order valence-corrected chi connectivity index (χ2v) is 6.66. The molecule has 0 fully saturated rings. The van der Waals surface area contributed by atoms with Gasteiger partial charge in [-0.05, 0) is 12.3 Å². The molecule has 1 heterocycles. The molecule has 0 saturated heterocycles. The van der Waals surface area contributed by atoms with E-state index in [0.717, 1.165) is 11.9 Å². The molecule has 0 radical (unpaired) electrons. The Bertz CT molecular complexity index is 565. The van der Waals surface area contributed by atoms with E-state index in [0.29, 0.717) is 18.7 Å². The number of aromatic amines is 1. The van der Waals surface area contributed by atoms with Crippen LogP contribution < -0.4 is 15.8 Å². The molecule has 1 aromatic rings. The predicted octanol–water partition coefficient (Wildman–Crippen LogP) is -0.216. The summed E-state index contributed by atoms with van der Waals surface area (Å²) in [5.41, 5.74) is 7.10. The minimum Gasteiger partial charge on any atom is -0.395 e. The zero-order chi connectivity index (χ0) is 15.3. The number of aromatic nitrogens is 2. The number of nitrogens with two attached hydrogens (primary N) is 1. The van der Waals surface area contributed by atoms with Crippen molar-refractivity contribution in [3.8, 4) is 0 Å². The lowest BCUT2D eigenvalue weighted by Gasteiger charge is -2.05. The van der Waals surface area contributed by atoms with Crippen molar-refractivity contribution in [2.24, 2.45) is 0 Å². The van der Waals surface area contributed by atoms with Crippen LogP contribution in [0.1, 0.15) is 42.4 Å². The number of anilines is 1. The average molecular weight is 303 g/mol. The molecule has 1 aromatic heterocycles. The number of hydrogen-bond donors (Lipinski definition) is 4. The lowest BCUT2D eigenvalue weighted by Crippen LogP contribution is -2.29. The Hall–Kier alpha value is -1.61. The fraction of sp³-hybridized carbons (Fsp3) is 0.636. The first kappa shape index (κ1) is 16.4.